The van der Waals surface area contributed by atoms with Crippen molar-refractivity contribution in [2.24, 2.45) is 17.8 Å². The summed E-state index contributed by atoms with van der Waals surface area (Å²) >= 11 is 0. The first-order valence-corrected chi connectivity index (χ1v) is 14.5. The third-order valence-electron chi connectivity index (χ3n) is 9.09. The summed E-state index contributed by atoms with van der Waals surface area (Å²) in [6, 6.07) is 4.63. The van der Waals surface area contributed by atoms with Gasteiger partial charge in [-0.05, 0) is 49.3 Å². The summed E-state index contributed by atoms with van der Waals surface area (Å²) in [5.74, 6) is -3.92. The summed E-state index contributed by atoms with van der Waals surface area (Å²) < 4.78 is 44.5. The van der Waals surface area contributed by atoms with Gasteiger partial charge >= 0.3 is 0 Å². The van der Waals surface area contributed by atoms with Gasteiger partial charge in [0.1, 0.15) is 17.0 Å². The fraction of sp³-hybridized carbons (Fsp3) is 0.586. The SMILES string of the molecule is CCn1nccc1C(=O)N[C@H](c1nc2c(F)c(C3CNCC3C(=O)N3CC(F)(F)C3)ccc2[nH]1)[C@H]1CC[C@H](C)CC1. The van der Waals surface area contributed by atoms with E-state index < -0.39 is 42.7 Å². The number of hydrogen-bond donors (Lipinski definition) is 3. The smallest absolute Gasteiger partial charge is 0.282 e. The van der Waals surface area contributed by atoms with E-state index in [0.717, 1.165) is 30.6 Å². The van der Waals surface area contributed by atoms with E-state index in [4.69, 9.17) is 0 Å². The number of alkyl halides is 2. The number of likely N-dealkylation sites (tertiary alicyclic amines) is 1. The number of aryl methyl sites for hydroxylation is 1. The second-order valence-corrected chi connectivity index (χ2v) is 11.9. The van der Waals surface area contributed by atoms with Crippen LogP contribution in [0.1, 0.15) is 73.4 Å². The van der Waals surface area contributed by atoms with Gasteiger partial charge in [-0.2, -0.15) is 5.10 Å². The lowest BCUT2D eigenvalue weighted by Crippen LogP contribution is -2.60. The van der Waals surface area contributed by atoms with E-state index in [-0.39, 0.29) is 23.2 Å². The number of H-pyrrole nitrogens is 1. The second kappa shape index (κ2) is 10.8. The zero-order valence-electron chi connectivity index (χ0n) is 23.3. The molecular weight excluding hydrogens is 535 g/mol. The van der Waals surface area contributed by atoms with Crippen LogP contribution in [0.5, 0.6) is 0 Å². The average Bonchev–Trinajstić information content (AvgIpc) is 3.70. The topological polar surface area (TPSA) is 108 Å². The lowest BCUT2D eigenvalue weighted by molar-refractivity contribution is -0.169. The van der Waals surface area contributed by atoms with Crippen molar-refractivity contribution in [2.75, 3.05) is 26.2 Å². The Bertz CT molecular complexity index is 1440. The van der Waals surface area contributed by atoms with Crippen molar-refractivity contribution in [1.82, 2.24) is 35.3 Å². The monoisotopic (exact) mass is 571 g/mol. The van der Waals surface area contributed by atoms with Gasteiger partial charge in [-0.1, -0.05) is 25.8 Å². The minimum absolute atomic E-state index is 0.131. The Balaban J connectivity index is 1.29. The number of hydrogen-bond acceptors (Lipinski definition) is 5. The zero-order valence-corrected chi connectivity index (χ0v) is 23.3. The van der Waals surface area contributed by atoms with E-state index in [1.165, 1.54) is 0 Å². The van der Waals surface area contributed by atoms with Gasteiger partial charge in [-0.25, -0.2) is 18.2 Å². The maximum absolute atomic E-state index is 16.1. The highest BCUT2D eigenvalue weighted by Crippen LogP contribution is 2.39. The van der Waals surface area contributed by atoms with Crippen LogP contribution in [0.3, 0.4) is 0 Å². The number of fused-ring (bicyclic) bond motifs is 1. The van der Waals surface area contributed by atoms with Crippen molar-refractivity contribution >= 4 is 22.8 Å². The molecule has 0 bridgehead atoms. The summed E-state index contributed by atoms with van der Waals surface area (Å²) in [6.07, 6.45) is 5.50. The van der Waals surface area contributed by atoms with Crippen LogP contribution in [0.4, 0.5) is 13.2 Å². The fourth-order valence-electron chi connectivity index (χ4n) is 6.70. The molecule has 1 aromatic carbocycles. The number of nitrogens with zero attached hydrogens (tertiary/aromatic N) is 4. The number of benzene rings is 1. The van der Waals surface area contributed by atoms with Crippen molar-refractivity contribution in [3.63, 3.8) is 0 Å². The van der Waals surface area contributed by atoms with Gasteiger partial charge in [0.15, 0.2) is 5.82 Å². The van der Waals surface area contributed by atoms with Crippen LogP contribution in [0, 0.1) is 23.6 Å². The molecule has 3 N–H and O–H groups in total. The molecule has 0 spiro atoms. The Morgan fingerprint density at radius 1 is 1.15 bits per heavy atom. The normalized spacial score (nSPS) is 26.6. The largest absolute Gasteiger partial charge is 0.340 e. The summed E-state index contributed by atoms with van der Waals surface area (Å²) in [5, 5.41) is 10.5. The van der Waals surface area contributed by atoms with Crippen LogP contribution in [0.2, 0.25) is 0 Å². The number of carbonyl (C=O) groups is 2. The van der Waals surface area contributed by atoms with Gasteiger partial charge in [0.05, 0.1) is 30.6 Å². The molecule has 12 heteroatoms. The van der Waals surface area contributed by atoms with Crippen LogP contribution in [0.15, 0.2) is 24.4 Å². The average molecular weight is 572 g/mol. The Morgan fingerprint density at radius 3 is 2.61 bits per heavy atom. The predicted octanol–water partition coefficient (Wildman–Crippen LogP) is 4.00. The first-order valence-electron chi connectivity index (χ1n) is 14.5. The third kappa shape index (κ3) is 5.22. The summed E-state index contributed by atoms with van der Waals surface area (Å²) in [5.41, 5.74) is 1.44. The van der Waals surface area contributed by atoms with Crippen LogP contribution in [-0.4, -0.2) is 68.6 Å². The highest BCUT2D eigenvalue weighted by atomic mass is 19.3. The number of aromatic amines is 1. The maximum Gasteiger partial charge on any atom is 0.282 e. The molecule has 6 rings (SSSR count). The molecule has 2 saturated heterocycles. The van der Waals surface area contributed by atoms with E-state index in [1.54, 1.807) is 29.1 Å². The fourth-order valence-corrected chi connectivity index (χ4v) is 6.70. The lowest BCUT2D eigenvalue weighted by Gasteiger charge is -2.40. The first kappa shape index (κ1) is 27.7. The van der Waals surface area contributed by atoms with Crippen molar-refractivity contribution in [1.29, 1.82) is 0 Å². The molecule has 1 aliphatic carbocycles. The standard InChI is InChI=1S/C29H36F3N7O2/c1-3-39-22(10-11-34-39)27(40)37-24(17-6-4-16(2)5-7-17)26-35-21-9-8-18(23(30)25(21)36-26)19-12-33-13-20(19)28(41)38-14-29(31,32)15-38/h8-11,16-17,19-20,24,33H,3-7,12-15H2,1-2H3,(H,35,36)(H,37,40)/t16-,17-,19?,20?,24-/m0/s1. The van der Waals surface area contributed by atoms with Crippen molar-refractivity contribution in [3.05, 3.63) is 47.3 Å². The zero-order chi connectivity index (χ0) is 28.9. The lowest BCUT2D eigenvalue weighted by atomic mass is 9.79. The molecule has 220 valence electrons. The van der Waals surface area contributed by atoms with Crippen molar-refractivity contribution in [3.8, 4) is 0 Å². The number of rotatable bonds is 7. The Kier molecular flexibility index (Phi) is 7.29. The molecule has 2 amide bonds. The molecule has 9 nitrogen and oxygen atoms in total. The number of aromatic nitrogens is 4. The molecular formula is C29H36F3N7O2. The Labute approximate surface area is 236 Å². The van der Waals surface area contributed by atoms with Crippen LogP contribution < -0.4 is 10.6 Å². The summed E-state index contributed by atoms with van der Waals surface area (Å²) in [6.45, 7) is 4.18. The second-order valence-electron chi connectivity index (χ2n) is 11.9. The molecule has 1 saturated carbocycles. The molecule has 0 radical (unpaired) electrons. The predicted molar refractivity (Wildman–Crippen MR) is 146 cm³/mol. The minimum atomic E-state index is -2.86. The van der Waals surface area contributed by atoms with Crippen LogP contribution >= 0.6 is 0 Å². The Hall–Kier alpha value is -3.41. The molecule has 2 unspecified atom stereocenters. The molecule has 41 heavy (non-hydrogen) atoms. The van der Waals surface area contributed by atoms with E-state index in [9.17, 15) is 18.4 Å². The molecule has 3 aliphatic rings. The van der Waals surface area contributed by atoms with Crippen LogP contribution in [0.25, 0.3) is 11.0 Å². The van der Waals surface area contributed by atoms with Gasteiger partial charge in [0.2, 0.25) is 5.91 Å². The van der Waals surface area contributed by atoms with E-state index >= 15 is 4.39 Å². The number of halogens is 3. The maximum atomic E-state index is 16.1. The first-order chi connectivity index (χ1) is 19.6. The molecule has 3 aromatic rings. The Morgan fingerprint density at radius 2 is 1.90 bits per heavy atom. The van der Waals surface area contributed by atoms with E-state index in [2.05, 4.69) is 32.6 Å². The number of nitrogens with one attached hydrogen (secondary N) is 3. The third-order valence-corrected chi connectivity index (χ3v) is 9.09. The van der Waals surface area contributed by atoms with Gasteiger partial charge in [-0.3, -0.25) is 14.3 Å². The van der Waals surface area contributed by atoms with Gasteiger partial charge in [-0.15, -0.1) is 0 Å². The van der Waals surface area contributed by atoms with E-state index in [0.29, 0.717) is 48.2 Å². The van der Waals surface area contributed by atoms with Crippen LogP contribution in [-0.2, 0) is 11.3 Å². The van der Waals surface area contributed by atoms with Gasteiger partial charge in [0.25, 0.3) is 11.8 Å². The quantitative estimate of drug-likeness (QED) is 0.398. The summed E-state index contributed by atoms with van der Waals surface area (Å²) in [7, 11) is 0. The van der Waals surface area contributed by atoms with Crippen molar-refractivity contribution < 1.29 is 22.8 Å². The molecule has 4 heterocycles. The number of imidazole rings is 1. The molecule has 2 aromatic heterocycles. The van der Waals surface area contributed by atoms with Gasteiger partial charge < -0.3 is 20.5 Å². The number of amides is 2. The highest BCUT2D eigenvalue weighted by molar-refractivity contribution is 5.92. The van der Waals surface area contributed by atoms with E-state index in [1.807, 2.05) is 6.92 Å². The highest BCUT2D eigenvalue weighted by Gasteiger charge is 2.49. The minimum Gasteiger partial charge on any atom is -0.340 e. The molecule has 3 atom stereocenters. The summed E-state index contributed by atoms with van der Waals surface area (Å²) in [4.78, 5) is 35.4. The van der Waals surface area contributed by atoms with Gasteiger partial charge in [0, 0.05) is 31.7 Å². The number of carbonyl (C=O) groups excluding carboxylic acids is 2. The molecule has 3 fully saturated rings. The molecule has 2 aliphatic heterocycles. The van der Waals surface area contributed by atoms with Crippen molar-refractivity contribution in [2.45, 2.75) is 64.0 Å².